The van der Waals surface area contributed by atoms with E-state index in [1.807, 2.05) is 12.1 Å². The Kier molecular flexibility index (Phi) is 6.76. The molecule has 2 rings (SSSR count). The SMILES string of the molecule is CCCCN(CCc1ccccc1)Cc1cccc([N+](=O)[O-])c1. The van der Waals surface area contributed by atoms with Crippen molar-refractivity contribution in [3.63, 3.8) is 0 Å². The molecule has 0 heterocycles. The first-order valence-corrected chi connectivity index (χ1v) is 8.18. The third-order valence-electron chi connectivity index (χ3n) is 3.91. The number of non-ortho nitro benzene ring substituents is 1. The molecule has 0 aliphatic heterocycles. The third kappa shape index (κ3) is 5.83. The Hall–Kier alpha value is -2.20. The number of nitrogens with zero attached hydrogens (tertiary/aromatic N) is 2. The lowest BCUT2D eigenvalue weighted by Crippen LogP contribution is -2.26. The molecule has 2 aromatic rings. The molecular weight excluding hydrogens is 288 g/mol. The summed E-state index contributed by atoms with van der Waals surface area (Å²) in [4.78, 5) is 13.0. The lowest BCUT2D eigenvalue weighted by atomic mass is 10.1. The van der Waals surface area contributed by atoms with E-state index in [-0.39, 0.29) is 10.6 Å². The van der Waals surface area contributed by atoms with Crippen LogP contribution in [-0.2, 0) is 13.0 Å². The van der Waals surface area contributed by atoms with Gasteiger partial charge in [0.2, 0.25) is 0 Å². The van der Waals surface area contributed by atoms with Crippen molar-refractivity contribution < 1.29 is 4.92 Å². The zero-order valence-electron chi connectivity index (χ0n) is 13.6. The maximum Gasteiger partial charge on any atom is 0.269 e. The molecule has 23 heavy (non-hydrogen) atoms. The summed E-state index contributed by atoms with van der Waals surface area (Å²) in [6.45, 7) is 4.93. The van der Waals surface area contributed by atoms with Gasteiger partial charge >= 0.3 is 0 Å². The smallest absolute Gasteiger partial charge is 0.269 e. The van der Waals surface area contributed by atoms with Gasteiger partial charge in [-0.25, -0.2) is 0 Å². The van der Waals surface area contributed by atoms with Crippen LogP contribution in [0.4, 0.5) is 5.69 Å². The van der Waals surface area contributed by atoms with Crippen molar-refractivity contribution in [1.29, 1.82) is 0 Å². The molecular formula is C19H24N2O2. The summed E-state index contributed by atoms with van der Waals surface area (Å²) in [7, 11) is 0. The van der Waals surface area contributed by atoms with E-state index in [4.69, 9.17) is 0 Å². The Labute approximate surface area is 137 Å². The van der Waals surface area contributed by atoms with Gasteiger partial charge in [-0.2, -0.15) is 0 Å². The lowest BCUT2D eigenvalue weighted by Gasteiger charge is -2.22. The number of rotatable bonds is 9. The lowest BCUT2D eigenvalue weighted by molar-refractivity contribution is -0.384. The van der Waals surface area contributed by atoms with Gasteiger partial charge in [-0.3, -0.25) is 15.0 Å². The average Bonchev–Trinajstić information content (AvgIpc) is 2.58. The highest BCUT2D eigenvalue weighted by molar-refractivity contribution is 5.34. The average molecular weight is 312 g/mol. The molecule has 0 amide bonds. The molecule has 2 aromatic carbocycles. The van der Waals surface area contributed by atoms with Gasteiger partial charge in [-0.1, -0.05) is 55.8 Å². The zero-order valence-corrected chi connectivity index (χ0v) is 13.6. The minimum atomic E-state index is -0.330. The van der Waals surface area contributed by atoms with Gasteiger partial charge in [-0.05, 0) is 30.5 Å². The van der Waals surface area contributed by atoms with E-state index >= 15 is 0 Å². The van der Waals surface area contributed by atoms with Crippen LogP contribution in [0, 0.1) is 10.1 Å². The fourth-order valence-corrected chi connectivity index (χ4v) is 2.61. The first kappa shape index (κ1) is 17.2. The van der Waals surface area contributed by atoms with Crippen molar-refractivity contribution >= 4 is 5.69 Å². The minimum absolute atomic E-state index is 0.168. The summed E-state index contributed by atoms with van der Waals surface area (Å²) >= 11 is 0. The largest absolute Gasteiger partial charge is 0.299 e. The van der Waals surface area contributed by atoms with Crippen molar-refractivity contribution in [3.8, 4) is 0 Å². The maximum absolute atomic E-state index is 10.9. The quantitative estimate of drug-likeness (QED) is 0.508. The van der Waals surface area contributed by atoms with Crippen LogP contribution in [0.3, 0.4) is 0 Å². The van der Waals surface area contributed by atoms with Crippen molar-refractivity contribution in [2.24, 2.45) is 0 Å². The summed E-state index contributed by atoms with van der Waals surface area (Å²) in [5.41, 5.74) is 2.50. The van der Waals surface area contributed by atoms with Crippen molar-refractivity contribution in [2.75, 3.05) is 13.1 Å². The Morgan fingerprint density at radius 3 is 2.43 bits per heavy atom. The standard InChI is InChI=1S/C19H24N2O2/c1-2-3-13-20(14-12-17-8-5-4-6-9-17)16-18-10-7-11-19(15-18)21(22)23/h4-11,15H,2-3,12-14,16H2,1H3. The highest BCUT2D eigenvalue weighted by atomic mass is 16.6. The zero-order chi connectivity index (χ0) is 16.5. The Balaban J connectivity index is 2.00. The van der Waals surface area contributed by atoms with Gasteiger partial charge in [0.15, 0.2) is 0 Å². The minimum Gasteiger partial charge on any atom is -0.299 e. The Morgan fingerprint density at radius 1 is 1.00 bits per heavy atom. The van der Waals surface area contributed by atoms with Crippen LogP contribution in [0.1, 0.15) is 30.9 Å². The first-order valence-electron chi connectivity index (χ1n) is 8.18. The first-order chi connectivity index (χ1) is 11.2. The van der Waals surface area contributed by atoms with Gasteiger partial charge < -0.3 is 0 Å². The molecule has 4 nitrogen and oxygen atoms in total. The van der Waals surface area contributed by atoms with E-state index in [2.05, 4.69) is 36.1 Å². The summed E-state index contributed by atoms with van der Waals surface area (Å²) in [5.74, 6) is 0. The molecule has 0 saturated heterocycles. The van der Waals surface area contributed by atoms with E-state index in [9.17, 15) is 10.1 Å². The highest BCUT2D eigenvalue weighted by Crippen LogP contribution is 2.15. The van der Waals surface area contributed by atoms with E-state index in [0.717, 1.165) is 44.5 Å². The maximum atomic E-state index is 10.9. The summed E-state index contributed by atoms with van der Waals surface area (Å²) < 4.78 is 0. The molecule has 0 radical (unpaired) electrons. The van der Waals surface area contributed by atoms with Crippen LogP contribution < -0.4 is 0 Å². The molecule has 0 aromatic heterocycles. The van der Waals surface area contributed by atoms with Gasteiger partial charge in [0.1, 0.15) is 0 Å². The monoisotopic (exact) mass is 312 g/mol. The molecule has 0 spiro atoms. The van der Waals surface area contributed by atoms with Crippen LogP contribution in [0.15, 0.2) is 54.6 Å². The van der Waals surface area contributed by atoms with E-state index in [0.29, 0.717) is 0 Å². The van der Waals surface area contributed by atoms with Crippen LogP contribution in [0.2, 0.25) is 0 Å². The van der Waals surface area contributed by atoms with Gasteiger partial charge in [0.05, 0.1) is 4.92 Å². The van der Waals surface area contributed by atoms with E-state index in [1.54, 1.807) is 18.2 Å². The molecule has 0 unspecified atom stereocenters. The summed E-state index contributed by atoms with van der Waals surface area (Å²) in [6, 6.07) is 17.4. The molecule has 4 heteroatoms. The van der Waals surface area contributed by atoms with Crippen LogP contribution in [0.5, 0.6) is 0 Å². The highest BCUT2D eigenvalue weighted by Gasteiger charge is 2.10. The van der Waals surface area contributed by atoms with Gasteiger partial charge in [0, 0.05) is 25.2 Å². The van der Waals surface area contributed by atoms with E-state index in [1.165, 1.54) is 5.56 Å². The number of nitro benzene ring substituents is 1. The normalized spacial score (nSPS) is 10.9. The Bertz CT molecular complexity index is 614. The second-order valence-electron chi connectivity index (χ2n) is 5.79. The summed E-state index contributed by atoms with van der Waals surface area (Å²) in [5, 5.41) is 10.9. The Morgan fingerprint density at radius 2 is 1.74 bits per heavy atom. The van der Waals surface area contributed by atoms with Crippen molar-refractivity contribution in [2.45, 2.75) is 32.7 Å². The predicted molar refractivity (Wildman–Crippen MR) is 93.4 cm³/mol. The number of hydrogen-bond acceptors (Lipinski definition) is 3. The molecule has 122 valence electrons. The van der Waals surface area contributed by atoms with E-state index < -0.39 is 0 Å². The fraction of sp³-hybridized carbons (Fsp3) is 0.368. The number of benzene rings is 2. The summed E-state index contributed by atoms with van der Waals surface area (Å²) in [6.07, 6.45) is 3.29. The molecule has 0 bridgehead atoms. The van der Waals surface area contributed by atoms with Gasteiger partial charge in [-0.15, -0.1) is 0 Å². The molecule has 0 N–H and O–H groups in total. The van der Waals surface area contributed by atoms with Crippen molar-refractivity contribution in [1.82, 2.24) is 4.90 Å². The van der Waals surface area contributed by atoms with Crippen LogP contribution in [0.25, 0.3) is 0 Å². The number of nitro groups is 1. The third-order valence-corrected chi connectivity index (χ3v) is 3.91. The molecule has 0 aliphatic rings. The molecule has 0 saturated carbocycles. The number of hydrogen-bond donors (Lipinski definition) is 0. The van der Waals surface area contributed by atoms with Gasteiger partial charge in [0.25, 0.3) is 5.69 Å². The number of unbranched alkanes of at least 4 members (excludes halogenated alkanes) is 1. The topological polar surface area (TPSA) is 46.4 Å². The van der Waals surface area contributed by atoms with Crippen molar-refractivity contribution in [3.05, 3.63) is 75.8 Å². The molecule has 0 aliphatic carbocycles. The van der Waals surface area contributed by atoms with Crippen LogP contribution >= 0.6 is 0 Å². The molecule has 0 fully saturated rings. The van der Waals surface area contributed by atoms with Crippen LogP contribution in [-0.4, -0.2) is 22.9 Å². The molecule has 0 atom stereocenters. The second-order valence-corrected chi connectivity index (χ2v) is 5.79. The fourth-order valence-electron chi connectivity index (χ4n) is 2.61. The second kappa shape index (κ2) is 9.06. The predicted octanol–water partition coefficient (Wildman–Crippen LogP) is 4.44.